The fourth-order valence-electron chi connectivity index (χ4n) is 2.37. The quantitative estimate of drug-likeness (QED) is 0.418. The summed E-state index contributed by atoms with van der Waals surface area (Å²) in [5.74, 6) is 0.0183. The van der Waals surface area contributed by atoms with Crippen LogP contribution in [0, 0.1) is 16.0 Å². The fraction of sp³-hybridized carbons (Fsp3) is 0.500. The minimum Gasteiger partial charge on any atom is -0.366 e. The Morgan fingerprint density at radius 2 is 2.12 bits per heavy atom. The van der Waals surface area contributed by atoms with Crippen LogP contribution < -0.4 is 5.73 Å². The molecule has 0 radical (unpaired) electrons. The summed E-state index contributed by atoms with van der Waals surface area (Å²) in [6.45, 7) is 3.50. The Morgan fingerprint density at radius 1 is 1.42 bits per heavy atom. The second-order valence-electron chi connectivity index (χ2n) is 5.88. The number of nitro benzene ring substituents is 1. The fourth-order valence-corrected chi connectivity index (χ4v) is 3.27. The van der Waals surface area contributed by atoms with E-state index in [1.165, 1.54) is 25.0 Å². The summed E-state index contributed by atoms with van der Waals surface area (Å²) in [5, 5.41) is 11.2. The average molecular weight is 351 g/mol. The lowest BCUT2D eigenvalue weighted by molar-refractivity contribution is -0.387. The predicted molar refractivity (Wildman–Crippen MR) is 91.9 cm³/mol. The van der Waals surface area contributed by atoms with Gasteiger partial charge in [0.15, 0.2) is 0 Å². The molecule has 0 saturated heterocycles. The van der Waals surface area contributed by atoms with Gasteiger partial charge in [0.1, 0.15) is 0 Å². The number of hydrogen-bond donors (Lipinski definition) is 1. The number of nitrogens with two attached hydrogens (primary N) is 1. The number of nitrogens with zero attached hydrogens (tertiary/aromatic N) is 2. The Hall–Kier alpha value is -2.09. The Labute approximate surface area is 144 Å². The summed E-state index contributed by atoms with van der Waals surface area (Å²) in [6.07, 6.45) is 3.22. The number of thioether (sulfide) groups is 1. The van der Waals surface area contributed by atoms with E-state index in [9.17, 15) is 19.7 Å². The SMILES string of the molecule is CCCN(CC1CC1)C(=O)CSc1ccc(C(N)=O)cc1[N+](=O)[O-]. The van der Waals surface area contributed by atoms with Gasteiger partial charge in [0.2, 0.25) is 11.8 Å². The molecular formula is C16H21N3O4S. The lowest BCUT2D eigenvalue weighted by Crippen LogP contribution is -2.34. The number of nitro groups is 1. The van der Waals surface area contributed by atoms with Crippen molar-refractivity contribution in [1.29, 1.82) is 0 Å². The standard InChI is InChI=1S/C16H21N3O4S/c1-2-7-18(9-11-3-4-11)15(20)10-24-14-6-5-12(16(17)21)8-13(14)19(22)23/h5-6,8,11H,2-4,7,9-10H2,1H3,(H2,17,21). The third-order valence-corrected chi connectivity index (χ3v) is 4.86. The molecule has 0 atom stereocenters. The highest BCUT2D eigenvalue weighted by Crippen LogP contribution is 2.32. The van der Waals surface area contributed by atoms with Crippen molar-refractivity contribution in [3.05, 3.63) is 33.9 Å². The average Bonchev–Trinajstić information content (AvgIpc) is 3.35. The lowest BCUT2D eigenvalue weighted by Gasteiger charge is -2.21. The molecule has 0 unspecified atom stereocenters. The van der Waals surface area contributed by atoms with Gasteiger partial charge in [-0.3, -0.25) is 19.7 Å². The summed E-state index contributed by atoms with van der Waals surface area (Å²) < 4.78 is 0. The molecule has 2 amide bonds. The third kappa shape index (κ3) is 4.95. The van der Waals surface area contributed by atoms with Crippen LogP contribution in [0.5, 0.6) is 0 Å². The van der Waals surface area contributed by atoms with Gasteiger partial charge in [-0.1, -0.05) is 6.92 Å². The number of hydrogen-bond acceptors (Lipinski definition) is 5. The number of carbonyl (C=O) groups excluding carboxylic acids is 2. The van der Waals surface area contributed by atoms with Crippen molar-refractivity contribution >= 4 is 29.3 Å². The number of rotatable bonds is 9. The Morgan fingerprint density at radius 3 is 2.67 bits per heavy atom. The first kappa shape index (κ1) is 18.3. The van der Waals surface area contributed by atoms with Gasteiger partial charge in [-0.05, 0) is 37.3 Å². The van der Waals surface area contributed by atoms with E-state index in [0.29, 0.717) is 17.4 Å². The first-order valence-corrected chi connectivity index (χ1v) is 8.89. The second-order valence-corrected chi connectivity index (χ2v) is 6.89. The molecule has 24 heavy (non-hydrogen) atoms. The molecule has 2 rings (SSSR count). The molecule has 0 spiro atoms. The largest absolute Gasteiger partial charge is 0.366 e. The van der Waals surface area contributed by atoms with E-state index in [2.05, 4.69) is 0 Å². The molecular weight excluding hydrogens is 330 g/mol. The summed E-state index contributed by atoms with van der Waals surface area (Å²) in [7, 11) is 0. The van der Waals surface area contributed by atoms with Crippen LogP contribution in [0.25, 0.3) is 0 Å². The maximum absolute atomic E-state index is 12.4. The molecule has 0 heterocycles. The Kier molecular flexibility index (Phi) is 6.19. The number of amides is 2. The Balaban J connectivity index is 2.05. The predicted octanol–water partition coefficient (Wildman–Crippen LogP) is 2.43. The molecule has 1 aliphatic carbocycles. The van der Waals surface area contributed by atoms with Gasteiger partial charge < -0.3 is 10.6 Å². The minimum atomic E-state index is -0.718. The van der Waals surface area contributed by atoms with Gasteiger partial charge in [0.05, 0.1) is 15.6 Å². The maximum Gasteiger partial charge on any atom is 0.283 e. The first-order chi connectivity index (χ1) is 11.4. The number of carbonyl (C=O) groups is 2. The van der Waals surface area contributed by atoms with Crippen molar-refractivity contribution in [1.82, 2.24) is 4.90 Å². The van der Waals surface area contributed by atoms with Crippen LogP contribution in [0.4, 0.5) is 5.69 Å². The molecule has 7 nitrogen and oxygen atoms in total. The van der Waals surface area contributed by atoms with Crippen molar-refractivity contribution in [3.63, 3.8) is 0 Å². The summed E-state index contributed by atoms with van der Waals surface area (Å²) >= 11 is 1.12. The lowest BCUT2D eigenvalue weighted by atomic mass is 10.2. The summed E-state index contributed by atoms with van der Waals surface area (Å²) in [6, 6.07) is 4.07. The highest BCUT2D eigenvalue weighted by atomic mass is 32.2. The van der Waals surface area contributed by atoms with Gasteiger partial charge in [-0.2, -0.15) is 0 Å². The van der Waals surface area contributed by atoms with Gasteiger partial charge in [-0.25, -0.2) is 0 Å². The van der Waals surface area contributed by atoms with E-state index in [1.54, 1.807) is 0 Å². The van der Waals surface area contributed by atoms with Crippen molar-refractivity contribution in [2.75, 3.05) is 18.8 Å². The molecule has 0 aliphatic heterocycles. The van der Waals surface area contributed by atoms with Crippen LogP contribution in [-0.2, 0) is 4.79 Å². The maximum atomic E-state index is 12.4. The van der Waals surface area contributed by atoms with Crippen LogP contribution >= 0.6 is 11.8 Å². The topological polar surface area (TPSA) is 107 Å². The molecule has 0 bridgehead atoms. The highest BCUT2D eigenvalue weighted by molar-refractivity contribution is 8.00. The van der Waals surface area contributed by atoms with E-state index in [1.807, 2.05) is 11.8 Å². The molecule has 0 aromatic heterocycles. The molecule has 130 valence electrons. The van der Waals surface area contributed by atoms with Crippen molar-refractivity contribution < 1.29 is 14.5 Å². The second kappa shape index (κ2) is 8.14. The first-order valence-electron chi connectivity index (χ1n) is 7.91. The van der Waals surface area contributed by atoms with E-state index < -0.39 is 10.8 Å². The van der Waals surface area contributed by atoms with Crippen LogP contribution in [0.3, 0.4) is 0 Å². The summed E-state index contributed by atoms with van der Waals surface area (Å²) in [4.78, 5) is 36.4. The highest BCUT2D eigenvalue weighted by Gasteiger charge is 2.26. The molecule has 2 N–H and O–H groups in total. The Bertz CT molecular complexity index is 646. The van der Waals surface area contributed by atoms with Crippen LogP contribution in [0.1, 0.15) is 36.5 Å². The molecule has 1 aromatic carbocycles. The van der Waals surface area contributed by atoms with Crippen LogP contribution in [-0.4, -0.2) is 40.5 Å². The van der Waals surface area contributed by atoms with E-state index in [4.69, 9.17) is 5.73 Å². The van der Waals surface area contributed by atoms with Gasteiger partial charge in [0, 0.05) is 24.7 Å². The van der Waals surface area contributed by atoms with Gasteiger partial charge in [-0.15, -0.1) is 11.8 Å². The molecule has 1 fully saturated rings. The number of benzene rings is 1. The van der Waals surface area contributed by atoms with Gasteiger partial charge >= 0.3 is 0 Å². The van der Waals surface area contributed by atoms with E-state index in [-0.39, 0.29) is 22.9 Å². The van der Waals surface area contributed by atoms with Crippen molar-refractivity contribution in [2.45, 2.75) is 31.1 Å². The normalized spacial score (nSPS) is 13.5. The van der Waals surface area contributed by atoms with Crippen LogP contribution in [0.2, 0.25) is 0 Å². The molecule has 1 saturated carbocycles. The van der Waals surface area contributed by atoms with E-state index >= 15 is 0 Å². The third-order valence-electron chi connectivity index (χ3n) is 3.81. The zero-order valence-electron chi connectivity index (χ0n) is 13.6. The zero-order valence-corrected chi connectivity index (χ0v) is 14.4. The number of primary amides is 1. The molecule has 8 heteroatoms. The minimum absolute atomic E-state index is 0.0120. The smallest absolute Gasteiger partial charge is 0.283 e. The molecule has 1 aromatic rings. The van der Waals surface area contributed by atoms with Gasteiger partial charge in [0.25, 0.3) is 5.69 Å². The monoisotopic (exact) mass is 351 g/mol. The van der Waals surface area contributed by atoms with Crippen molar-refractivity contribution in [3.8, 4) is 0 Å². The van der Waals surface area contributed by atoms with E-state index in [0.717, 1.165) is 30.8 Å². The summed E-state index contributed by atoms with van der Waals surface area (Å²) in [5.41, 5.74) is 5.03. The molecule has 1 aliphatic rings. The zero-order chi connectivity index (χ0) is 17.7. The van der Waals surface area contributed by atoms with Crippen LogP contribution in [0.15, 0.2) is 23.1 Å². The van der Waals surface area contributed by atoms with Crippen molar-refractivity contribution in [2.24, 2.45) is 11.7 Å².